The van der Waals surface area contributed by atoms with Gasteiger partial charge in [0.1, 0.15) is 0 Å². The molecular formula is C12H22N2O2. The Morgan fingerprint density at radius 1 is 1.56 bits per heavy atom. The first-order valence-corrected chi connectivity index (χ1v) is 6.42. The second-order valence-electron chi connectivity index (χ2n) is 5.03. The van der Waals surface area contributed by atoms with Gasteiger partial charge in [-0.15, -0.1) is 0 Å². The second-order valence-corrected chi connectivity index (χ2v) is 5.03. The molecular weight excluding hydrogens is 204 g/mol. The summed E-state index contributed by atoms with van der Waals surface area (Å²) in [5.74, 6) is 0.334. The largest absolute Gasteiger partial charge is 0.393 e. The number of nitrogens with one attached hydrogen (secondary N) is 2. The number of hydrogen-bond donors (Lipinski definition) is 3. The van der Waals surface area contributed by atoms with E-state index in [2.05, 4.69) is 10.6 Å². The third-order valence-corrected chi connectivity index (χ3v) is 3.88. The maximum atomic E-state index is 11.9. The third kappa shape index (κ3) is 2.55. The Morgan fingerprint density at radius 3 is 2.94 bits per heavy atom. The molecule has 4 atom stereocenters. The molecule has 0 saturated carbocycles. The highest BCUT2D eigenvalue weighted by Gasteiger charge is 2.42. The van der Waals surface area contributed by atoms with Crippen molar-refractivity contribution in [2.24, 2.45) is 5.92 Å². The van der Waals surface area contributed by atoms with Crippen LogP contribution in [0.2, 0.25) is 0 Å². The SMILES string of the molecule is CCC(O)CCNC(=O)C1CC2CCC1N2. The molecule has 0 aliphatic carbocycles. The van der Waals surface area contributed by atoms with Crippen molar-refractivity contribution in [2.75, 3.05) is 6.54 Å². The summed E-state index contributed by atoms with van der Waals surface area (Å²) in [6.45, 7) is 2.55. The molecule has 3 N–H and O–H groups in total. The number of aliphatic hydroxyl groups is 1. The van der Waals surface area contributed by atoms with E-state index in [1.54, 1.807) is 0 Å². The number of hydrogen-bond acceptors (Lipinski definition) is 3. The van der Waals surface area contributed by atoms with Crippen LogP contribution in [0.4, 0.5) is 0 Å². The molecule has 2 aliphatic heterocycles. The van der Waals surface area contributed by atoms with Crippen LogP contribution in [-0.2, 0) is 4.79 Å². The fourth-order valence-electron chi connectivity index (χ4n) is 2.81. The molecule has 2 aliphatic rings. The Kier molecular flexibility index (Phi) is 3.82. The third-order valence-electron chi connectivity index (χ3n) is 3.88. The van der Waals surface area contributed by atoms with E-state index >= 15 is 0 Å². The highest BCUT2D eigenvalue weighted by atomic mass is 16.3. The first-order valence-electron chi connectivity index (χ1n) is 6.42. The Balaban J connectivity index is 1.68. The quantitative estimate of drug-likeness (QED) is 0.636. The van der Waals surface area contributed by atoms with E-state index in [1.807, 2.05) is 6.92 Å². The molecule has 2 saturated heterocycles. The smallest absolute Gasteiger partial charge is 0.224 e. The van der Waals surface area contributed by atoms with Gasteiger partial charge >= 0.3 is 0 Å². The molecule has 0 aromatic heterocycles. The van der Waals surface area contributed by atoms with Crippen molar-refractivity contribution in [3.8, 4) is 0 Å². The van der Waals surface area contributed by atoms with Gasteiger partial charge < -0.3 is 15.7 Å². The molecule has 0 aromatic rings. The van der Waals surface area contributed by atoms with Crippen molar-refractivity contribution >= 4 is 5.91 Å². The molecule has 0 radical (unpaired) electrons. The molecule has 4 unspecified atom stereocenters. The van der Waals surface area contributed by atoms with Crippen molar-refractivity contribution in [1.29, 1.82) is 0 Å². The van der Waals surface area contributed by atoms with Crippen molar-refractivity contribution in [1.82, 2.24) is 10.6 Å². The van der Waals surface area contributed by atoms with Gasteiger partial charge in [-0.2, -0.15) is 0 Å². The predicted octanol–water partition coefficient (Wildman–Crippen LogP) is 0.404. The number of rotatable bonds is 5. The lowest BCUT2D eigenvalue weighted by Crippen LogP contribution is -2.38. The summed E-state index contributed by atoms with van der Waals surface area (Å²) in [4.78, 5) is 11.9. The zero-order chi connectivity index (χ0) is 11.5. The number of carbonyl (C=O) groups is 1. The maximum Gasteiger partial charge on any atom is 0.224 e. The van der Waals surface area contributed by atoms with Crippen molar-refractivity contribution in [2.45, 2.75) is 57.2 Å². The zero-order valence-corrected chi connectivity index (χ0v) is 9.91. The minimum Gasteiger partial charge on any atom is -0.393 e. The van der Waals surface area contributed by atoms with E-state index in [0.29, 0.717) is 25.0 Å². The van der Waals surface area contributed by atoms with Crippen molar-refractivity contribution < 1.29 is 9.90 Å². The molecule has 2 heterocycles. The summed E-state index contributed by atoms with van der Waals surface area (Å²) in [7, 11) is 0. The fraction of sp³-hybridized carbons (Fsp3) is 0.917. The van der Waals surface area contributed by atoms with Gasteiger partial charge in [-0.05, 0) is 32.1 Å². The van der Waals surface area contributed by atoms with Gasteiger partial charge in [-0.3, -0.25) is 4.79 Å². The first-order chi connectivity index (χ1) is 7.70. The topological polar surface area (TPSA) is 61.4 Å². The number of amides is 1. The van der Waals surface area contributed by atoms with E-state index in [1.165, 1.54) is 6.42 Å². The van der Waals surface area contributed by atoms with E-state index in [9.17, 15) is 9.90 Å². The molecule has 0 spiro atoms. The lowest BCUT2D eigenvalue weighted by Gasteiger charge is -2.19. The highest BCUT2D eigenvalue weighted by Crippen LogP contribution is 2.33. The molecule has 4 heteroatoms. The van der Waals surface area contributed by atoms with Crippen molar-refractivity contribution in [3.05, 3.63) is 0 Å². The van der Waals surface area contributed by atoms with Crippen LogP contribution in [0.5, 0.6) is 0 Å². The van der Waals surface area contributed by atoms with Gasteiger partial charge in [0.2, 0.25) is 5.91 Å². The summed E-state index contributed by atoms with van der Waals surface area (Å²) >= 11 is 0. The lowest BCUT2D eigenvalue weighted by atomic mass is 9.88. The minimum absolute atomic E-state index is 0.164. The molecule has 4 nitrogen and oxygen atoms in total. The number of carbonyl (C=O) groups excluding carboxylic acids is 1. The van der Waals surface area contributed by atoms with Crippen LogP contribution < -0.4 is 10.6 Å². The average molecular weight is 226 g/mol. The molecule has 2 bridgehead atoms. The van der Waals surface area contributed by atoms with Gasteiger partial charge in [0.25, 0.3) is 0 Å². The standard InChI is InChI=1S/C12H22N2O2/c1-2-9(15)5-6-13-12(16)10-7-8-3-4-11(10)14-8/h8-11,14-15H,2-7H2,1H3,(H,13,16). The Hall–Kier alpha value is -0.610. The molecule has 1 amide bonds. The van der Waals surface area contributed by atoms with Crippen LogP contribution in [0, 0.1) is 5.92 Å². The molecule has 16 heavy (non-hydrogen) atoms. The van der Waals surface area contributed by atoms with Crippen LogP contribution in [0.3, 0.4) is 0 Å². The van der Waals surface area contributed by atoms with E-state index in [4.69, 9.17) is 0 Å². The van der Waals surface area contributed by atoms with Crippen LogP contribution in [0.15, 0.2) is 0 Å². The van der Waals surface area contributed by atoms with E-state index < -0.39 is 0 Å². The monoisotopic (exact) mass is 226 g/mol. The molecule has 92 valence electrons. The molecule has 2 fully saturated rings. The Morgan fingerprint density at radius 2 is 2.38 bits per heavy atom. The van der Waals surface area contributed by atoms with Crippen molar-refractivity contribution in [3.63, 3.8) is 0 Å². The Bertz CT molecular complexity index is 257. The van der Waals surface area contributed by atoms with Gasteiger partial charge in [0, 0.05) is 18.6 Å². The molecule has 2 rings (SSSR count). The first kappa shape index (κ1) is 11.9. The van der Waals surface area contributed by atoms with Crippen LogP contribution in [0.1, 0.15) is 39.0 Å². The minimum atomic E-state index is -0.279. The van der Waals surface area contributed by atoms with Gasteiger partial charge in [0.15, 0.2) is 0 Å². The van der Waals surface area contributed by atoms with Crippen LogP contribution in [-0.4, -0.2) is 35.7 Å². The second kappa shape index (κ2) is 5.15. The zero-order valence-electron chi connectivity index (χ0n) is 9.91. The van der Waals surface area contributed by atoms with Gasteiger partial charge in [-0.25, -0.2) is 0 Å². The van der Waals surface area contributed by atoms with Gasteiger partial charge in [-0.1, -0.05) is 6.92 Å². The summed E-state index contributed by atoms with van der Waals surface area (Å²) < 4.78 is 0. The number of fused-ring (bicyclic) bond motifs is 2. The van der Waals surface area contributed by atoms with E-state index in [0.717, 1.165) is 19.3 Å². The van der Waals surface area contributed by atoms with Crippen LogP contribution in [0.25, 0.3) is 0 Å². The van der Waals surface area contributed by atoms with Crippen LogP contribution >= 0.6 is 0 Å². The predicted molar refractivity (Wildman–Crippen MR) is 62.0 cm³/mol. The summed E-state index contributed by atoms with van der Waals surface area (Å²) in [5.41, 5.74) is 0. The molecule has 0 aromatic carbocycles. The Labute approximate surface area is 96.8 Å². The summed E-state index contributed by atoms with van der Waals surface area (Å²) in [6, 6.07) is 0.975. The number of aliphatic hydroxyl groups excluding tert-OH is 1. The van der Waals surface area contributed by atoms with E-state index in [-0.39, 0.29) is 17.9 Å². The fourth-order valence-corrected chi connectivity index (χ4v) is 2.81. The lowest BCUT2D eigenvalue weighted by molar-refractivity contribution is -0.125. The summed E-state index contributed by atoms with van der Waals surface area (Å²) in [5, 5.41) is 15.8. The summed E-state index contributed by atoms with van der Waals surface area (Å²) in [6.07, 6.45) is 4.50. The highest BCUT2D eigenvalue weighted by molar-refractivity contribution is 5.80. The normalized spacial score (nSPS) is 34.0. The average Bonchev–Trinajstić information content (AvgIpc) is 2.90. The maximum absolute atomic E-state index is 11.9. The van der Waals surface area contributed by atoms with Gasteiger partial charge in [0.05, 0.1) is 12.0 Å².